The Balaban J connectivity index is 1.63. The van der Waals surface area contributed by atoms with Crippen LogP contribution in [-0.4, -0.2) is 52.8 Å². The Kier molecular flexibility index (Phi) is 5.76. The monoisotopic (exact) mass is 349 g/mol. The van der Waals surface area contributed by atoms with Crippen molar-refractivity contribution >= 4 is 5.91 Å². The number of pyridine rings is 1. The van der Waals surface area contributed by atoms with E-state index in [2.05, 4.69) is 20.3 Å². The zero-order chi connectivity index (χ0) is 18.4. The summed E-state index contributed by atoms with van der Waals surface area (Å²) in [6.45, 7) is 1.60. The van der Waals surface area contributed by atoms with Gasteiger partial charge in [0.15, 0.2) is 0 Å². The zero-order valence-corrected chi connectivity index (χ0v) is 15.1. The van der Waals surface area contributed by atoms with E-state index in [1.165, 1.54) is 0 Å². The Bertz CT molecular complexity index is 840. The molecule has 1 amide bonds. The van der Waals surface area contributed by atoms with Gasteiger partial charge < -0.3 is 10.2 Å². The normalized spacial score (nSPS) is 10.9. The van der Waals surface area contributed by atoms with Gasteiger partial charge in [0.2, 0.25) is 0 Å². The Morgan fingerprint density at radius 1 is 1.12 bits per heavy atom. The maximum Gasteiger partial charge on any atom is 0.252 e. The van der Waals surface area contributed by atoms with Gasteiger partial charge in [0.25, 0.3) is 5.91 Å². The van der Waals surface area contributed by atoms with Gasteiger partial charge >= 0.3 is 0 Å². The molecule has 6 heteroatoms. The third-order valence-electron chi connectivity index (χ3n) is 3.99. The van der Waals surface area contributed by atoms with E-state index in [4.69, 9.17) is 0 Å². The Morgan fingerprint density at radius 2 is 1.92 bits per heavy atom. The first-order valence-corrected chi connectivity index (χ1v) is 8.63. The third kappa shape index (κ3) is 4.55. The number of amides is 1. The second kappa shape index (κ2) is 8.40. The highest BCUT2D eigenvalue weighted by atomic mass is 16.1. The van der Waals surface area contributed by atoms with Crippen molar-refractivity contribution in [3.8, 4) is 16.9 Å². The minimum absolute atomic E-state index is 0.0946. The van der Waals surface area contributed by atoms with Crippen molar-refractivity contribution in [1.82, 2.24) is 25.0 Å². The molecular formula is C20H23N5O. The van der Waals surface area contributed by atoms with Crippen LogP contribution in [0.4, 0.5) is 0 Å². The molecule has 1 N–H and O–H groups in total. The van der Waals surface area contributed by atoms with Crippen molar-refractivity contribution in [1.29, 1.82) is 0 Å². The number of nitrogens with one attached hydrogen (secondary N) is 1. The molecule has 0 spiro atoms. The quantitative estimate of drug-likeness (QED) is 0.666. The molecule has 134 valence electrons. The zero-order valence-electron chi connectivity index (χ0n) is 15.1. The summed E-state index contributed by atoms with van der Waals surface area (Å²) in [4.78, 5) is 18.7. The highest BCUT2D eigenvalue weighted by Gasteiger charge is 2.08. The van der Waals surface area contributed by atoms with Gasteiger partial charge in [-0.15, -0.1) is 0 Å². The fraction of sp³-hybridized carbons (Fsp3) is 0.250. The van der Waals surface area contributed by atoms with Crippen molar-refractivity contribution < 1.29 is 4.79 Å². The van der Waals surface area contributed by atoms with Crippen LogP contribution in [0.5, 0.6) is 0 Å². The Morgan fingerprint density at radius 3 is 2.62 bits per heavy atom. The smallest absolute Gasteiger partial charge is 0.252 e. The standard InChI is InChI=1S/C20H23N5O/c1-24(2)12-6-11-21-20(26)16-9-10-19(22-13-16)17-14-23-25(15-17)18-7-4-3-5-8-18/h3-5,7-10,13-15H,6,11-12H2,1-2H3,(H,21,26). The van der Waals surface area contributed by atoms with Crippen LogP contribution in [0.3, 0.4) is 0 Å². The lowest BCUT2D eigenvalue weighted by molar-refractivity contribution is 0.0952. The SMILES string of the molecule is CN(C)CCCNC(=O)c1ccc(-c2cnn(-c3ccccc3)c2)nc1. The molecule has 26 heavy (non-hydrogen) atoms. The number of nitrogens with zero attached hydrogens (tertiary/aromatic N) is 4. The number of benzene rings is 1. The van der Waals surface area contributed by atoms with Gasteiger partial charge in [-0.1, -0.05) is 18.2 Å². The van der Waals surface area contributed by atoms with Crippen molar-refractivity contribution in [2.45, 2.75) is 6.42 Å². The van der Waals surface area contributed by atoms with Crippen LogP contribution < -0.4 is 5.32 Å². The average molecular weight is 349 g/mol. The Labute approximate surface area is 153 Å². The van der Waals surface area contributed by atoms with E-state index < -0.39 is 0 Å². The highest BCUT2D eigenvalue weighted by molar-refractivity contribution is 5.94. The predicted octanol–water partition coefficient (Wildman–Crippen LogP) is 2.62. The number of carbonyl (C=O) groups excluding carboxylic acids is 1. The molecule has 3 aromatic rings. The maximum atomic E-state index is 12.1. The summed E-state index contributed by atoms with van der Waals surface area (Å²) in [5.41, 5.74) is 3.25. The van der Waals surface area contributed by atoms with Crippen molar-refractivity contribution in [2.75, 3.05) is 27.2 Å². The van der Waals surface area contributed by atoms with Crippen LogP contribution in [0.15, 0.2) is 61.1 Å². The minimum atomic E-state index is -0.0946. The second-order valence-corrected chi connectivity index (χ2v) is 6.35. The van der Waals surface area contributed by atoms with Crippen LogP contribution in [0.1, 0.15) is 16.8 Å². The van der Waals surface area contributed by atoms with E-state index in [9.17, 15) is 4.79 Å². The summed E-state index contributed by atoms with van der Waals surface area (Å²) in [6.07, 6.45) is 6.23. The molecule has 0 atom stereocenters. The van der Waals surface area contributed by atoms with Gasteiger partial charge in [0.1, 0.15) is 0 Å². The first-order valence-electron chi connectivity index (χ1n) is 8.63. The fourth-order valence-corrected chi connectivity index (χ4v) is 2.58. The van der Waals surface area contributed by atoms with Gasteiger partial charge in [-0.25, -0.2) is 4.68 Å². The topological polar surface area (TPSA) is 63.1 Å². The van der Waals surface area contributed by atoms with Gasteiger partial charge in [-0.3, -0.25) is 9.78 Å². The molecule has 0 fully saturated rings. The lowest BCUT2D eigenvalue weighted by Gasteiger charge is -2.09. The molecule has 0 saturated heterocycles. The Hall–Kier alpha value is -2.99. The van der Waals surface area contributed by atoms with Gasteiger partial charge in [-0.05, 0) is 51.3 Å². The molecule has 1 aromatic carbocycles. The van der Waals surface area contributed by atoms with E-state index in [-0.39, 0.29) is 5.91 Å². The second-order valence-electron chi connectivity index (χ2n) is 6.35. The highest BCUT2D eigenvalue weighted by Crippen LogP contribution is 2.18. The molecule has 0 aliphatic carbocycles. The number of rotatable bonds is 7. The number of hydrogen-bond acceptors (Lipinski definition) is 4. The van der Waals surface area contributed by atoms with Gasteiger partial charge in [0, 0.05) is 24.5 Å². The first-order chi connectivity index (χ1) is 12.6. The first kappa shape index (κ1) is 17.8. The average Bonchev–Trinajstić information content (AvgIpc) is 3.16. The van der Waals surface area contributed by atoms with Crippen LogP contribution in [-0.2, 0) is 0 Å². The largest absolute Gasteiger partial charge is 0.352 e. The van der Waals surface area contributed by atoms with Crippen molar-refractivity contribution in [3.63, 3.8) is 0 Å². The number of aromatic nitrogens is 3. The van der Waals surface area contributed by atoms with E-state index in [1.807, 2.05) is 61.4 Å². The molecule has 0 aliphatic rings. The molecule has 0 unspecified atom stereocenters. The molecule has 2 aromatic heterocycles. The van der Waals surface area contributed by atoms with Crippen LogP contribution in [0.25, 0.3) is 16.9 Å². The number of carbonyl (C=O) groups is 1. The van der Waals surface area contributed by atoms with Gasteiger partial charge in [-0.2, -0.15) is 5.10 Å². The van der Waals surface area contributed by atoms with Crippen LogP contribution >= 0.6 is 0 Å². The maximum absolute atomic E-state index is 12.1. The molecule has 0 aliphatic heterocycles. The van der Waals surface area contributed by atoms with Crippen molar-refractivity contribution in [2.24, 2.45) is 0 Å². The van der Waals surface area contributed by atoms with Crippen molar-refractivity contribution in [3.05, 3.63) is 66.6 Å². The molecule has 0 radical (unpaired) electrons. The molecule has 6 nitrogen and oxygen atoms in total. The third-order valence-corrected chi connectivity index (χ3v) is 3.99. The van der Waals surface area contributed by atoms with Crippen LogP contribution in [0, 0.1) is 0 Å². The van der Waals surface area contributed by atoms with E-state index in [0.29, 0.717) is 12.1 Å². The lowest BCUT2D eigenvalue weighted by atomic mass is 10.2. The minimum Gasteiger partial charge on any atom is -0.352 e. The fourth-order valence-electron chi connectivity index (χ4n) is 2.58. The predicted molar refractivity (Wildman–Crippen MR) is 102 cm³/mol. The molecule has 0 saturated carbocycles. The summed E-state index contributed by atoms with van der Waals surface area (Å²) < 4.78 is 1.81. The molecular weight excluding hydrogens is 326 g/mol. The van der Waals surface area contributed by atoms with Crippen LogP contribution in [0.2, 0.25) is 0 Å². The number of hydrogen-bond donors (Lipinski definition) is 1. The molecule has 2 heterocycles. The van der Waals surface area contributed by atoms with E-state index in [1.54, 1.807) is 18.5 Å². The summed E-state index contributed by atoms with van der Waals surface area (Å²) in [6, 6.07) is 13.5. The number of para-hydroxylation sites is 1. The summed E-state index contributed by atoms with van der Waals surface area (Å²) in [5, 5.41) is 7.29. The van der Waals surface area contributed by atoms with E-state index >= 15 is 0 Å². The lowest BCUT2D eigenvalue weighted by Crippen LogP contribution is -2.27. The van der Waals surface area contributed by atoms with Gasteiger partial charge in [0.05, 0.1) is 23.1 Å². The molecule has 3 rings (SSSR count). The summed E-state index contributed by atoms with van der Waals surface area (Å²) in [5.74, 6) is -0.0946. The van der Waals surface area contributed by atoms with E-state index in [0.717, 1.165) is 29.9 Å². The molecule has 0 bridgehead atoms. The summed E-state index contributed by atoms with van der Waals surface area (Å²) in [7, 11) is 4.04. The summed E-state index contributed by atoms with van der Waals surface area (Å²) >= 11 is 0.